The van der Waals surface area contributed by atoms with Crippen molar-refractivity contribution < 1.29 is 17.9 Å². The van der Waals surface area contributed by atoms with Gasteiger partial charge in [0, 0.05) is 17.7 Å². The Labute approximate surface area is 139 Å². The van der Waals surface area contributed by atoms with Crippen molar-refractivity contribution in [1.29, 1.82) is 0 Å². The molecule has 0 aliphatic carbocycles. The van der Waals surface area contributed by atoms with E-state index in [2.05, 4.69) is 14.9 Å². The lowest BCUT2D eigenvalue weighted by atomic mass is 10.2. The molecule has 2 aromatic heterocycles. The van der Waals surface area contributed by atoms with Crippen LogP contribution in [-0.2, 0) is 19.5 Å². The Bertz CT molecular complexity index is 797. The summed E-state index contributed by atoms with van der Waals surface area (Å²) in [6.45, 7) is 4.40. The maximum atomic E-state index is 12.7. The summed E-state index contributed by atoms with van der Waals surface area (Å²) < 4.78 is 38.6. The fraction of sp³-hybridized carbons (Fsp3) is 0.500. The van der Waals surface area contributed by atoms with Crippen LogP contribution in [0.2, 0.25) is 0 Å². The number of sulfonamides is 1. The lowest BCUT2D eigenvalue weighted by molar-refractivity contribution is 0.0761. The van der Waals surface area contributed by atoms with E-state index in [1.807, 2.05) is 13.0 Å². The molecule has 0 saturated carbocycles. The summed E-state index contributed by atoms with van der Waals surface area (Å²) in [4.78, 5) is 1.82. The molecule has 0 unspecified atom stereocenters. The second-order valence-corrected chi connectivity index (χ2v) is 8.45. The van der Waals surface area contributed by atoms with E-state index in [1.54, 1.807) is 20.1 Å². The van der Waals surface area contributed by atoms with Crippen molar-refractivity contribution in [3.05, 3.63) is 22.7 Å². The average molecular weight is 357 g/mol. The third-order valence-corrected chi connectivity index (χ3v) is 6.58. The molecular weight excluding hydrogens is 338 g/mol. The third-order valence-electron chi connectivity index (χ3n) is 3.76. The number of aromatic amines is 1. The zero-order valence-corrected chi connectivity index (χ0v) is 14.8. The van der Waals surface area contributed by atoms with Gasteiger partial charge in [0.25, 0.3) is 0 Å². The van der Waals surface area contributed by atoms with Crippen LogP contribution in [0, 0.1) is 13.8 Å². The Balaban J connectivity index is 1.87. The molecule has 1 aliphatic rings. The van der Waals surface area contributed by atoms with Gasteiger partial charge in [-0.2, -0.15) is 5.10 Å². The summed E-state index contributed by atoms with van der Waals surface area (Å²) in [6.07, 6.45) is -0.267. The number of nitrogens with one attached hydrogen (secondary N) is 2. The molecule has 3 rings (SSSR count). The summed E-state index contributed by atoms with van der Waals surface area (Å²) >= 11 is 1.41. The number of nitrogens with zero attached hydrogens (tertiary/aromatic N) is 1. The Morgan fingerprint density at radius 2 is 2.17 bits per heavy atom. The minimum atomic E-state index is -3.64. The standard InChI is InChI=1S/C14H19N3O4S2/c1-8-4-10(16-15-8)13-5-14(9(2)22-13)23(18,19)17-11-6-21-7-12(11)20-3/h4-5,11-12,17H,6-7H2,1-3H3,(H,15,16)/t11-,12-/m0/s1. The first-order valence-corrected chi connectivity index (χ1v) is 9.46. The van der Waals surface area contributed by atoms with Gasteiger partial charge in [0.05, 0.1) is 35.1 Å². The van der Waals surface area contributed by atoms with Crippen LogP contribution >= 0.6 is 11.3 Å². The Kier molecular flexibility index (Phi) is 4.56. The van der Waals surface area contributed by atoms with Gasteiger partial charge in [-0.1, -0.05) is 0 Å². The Morgan fingerprint density at radius 1 is 1.39 bits per heavy atom. The third kappa shape index (κ3) is 3.33. The molecule has 0 radical (unpaired) electrons. The number of ether oxygens (including phenoxy) is 2. The van der Waals surface area contributed by atoms with Crippen molar-refractivity contribution in [2.75, 3.05) is 20.3 Å². The fourth-order valence-corrected chi connectivity index (χ4v) is 5.34. The minimum absolute atomic E-state index is 0.267. The number of aromatic nitrogens is 2. The van der Waals surface area contributed by atoms with E-state index in [0.29, 0.717) is 13.2 Å². The lowest BCUT2D eigenvalue weighted by Crippen LogP contribution is -2.43. The summed E-state index contributed by atoms with van der Waals surface area (Å²) in [5, 5.41) is 7.05. The highest BCUT2D eigenvalue weighted by Crippen LogP contribution is 2.33. The largest absolute Gasteiger partial charge is 0.377 e. The second-order valence-electron chi connectivity index (χ2n) is 5.51. The van der Waals surface area contributed by atoms with E-state index in [9.17, 15) is 8.42 Å². The van der Waals surface area contributed by atoms with Gasteiger partial charge in [-0.05, 0) is 26.0 Å². The minimum Gasteiger partial charge on any atom is -0.377 e. The van der Waals surface area contributed by atoms with Gasteiger partial charge in [-0.15, -0.1) is 11.3 Å². The highest BCUT2D eigenvalue weighted by Gasteiger charge is 2.33. The number of thiophene rings is 1. The molecule has 1 aliphatic heterocycles. The molecule has 126 valence electrons. The Morgan fingerprint density at radius 3 is 2.83 bits per heavy atom. The monoisotopic (exact) mass is 357 g/mol. The topological polar surface area (TPSA) is 93.3 Å². The maximum absolute atomic E-state index is 12.7. The summed E-state index contributed by atoms with van der Waals surface area (Å²) in [6, 6.07) is 3.18. The first-order valence-electron chi connectivity index (χ1n) is 7.16. The summed E-state index contributed by atoms with van der Waals surface area (Å²) in [5.41, 5.74) is 1.68. The van der Waals surface area contributed by atoms with Crippen LogP contribution in [0.25, 0.3) is 10.6 Å². The highest BCUT2D eigenvalue weighted by atomic mass is 32.2. The summed E-state index contributed by atoms with van der Waals surface area (Å²) in [5.74, 6) is 0. The predicted molar refractivity (Wildman–Crippen MR) is 87.1 cm³/mol. The van der Waals surface area contributed by atoms with E-state index < -0.39 is 10.0 Å². The lowest BCUT2D eigenvalue weighted by Gasteiger charge is -2.17. The van der Waals surface area contributed by atoms with Crippen LogP contribution in [0.3, 0.4) is 0 Å². The number of methoxy groups -OCH3 is 1. The van der Waals surface area contributed by atoms with Gasteiger partial charge >= 0.3 is 0 Å². The average Bonchev–Trinajstić information content (AvgIpc) is 3.18. The van der Waals surface area contributed by atoms with Gasteiger partial charge in [0.1, 0.15) is 5.69 Å². The molecule has 23 heavy (non-hydrogen) atoms. The molecule has 0 bridgehead atoms. The van der Waals surface area contributed by atoms with E-state index >= 15 is 0 Å². The van der Waals surface area contributed by atoms with Crippen molar-refractivity contribution in [2.45, 2.75) is 30.9 Å². The molecule has 2 N–H and O–H groups in total. The number of hydrogen-bond donors (Lipinski definition) is 2. The fourth-order valence-electron chi connectivity index (χ4n) is 2.54. The van der Waals surface area contributed by atoms with Crippen LogP contribution in [0.1, 0.15) is 10.6 Å². The van der Waals surface area contributed by atoms with E-state index in [1.165, 1.54) is 11.3 Å². The summed E-state index contributed by atoms with van der Waals surface area (Å²) in [7, 11) is -2.09. The molecule has 2 atom stereocenters. The number of hydrogen-bond acceptors (Lipinski definition) is 6. The molecular formula is C14H19N3O4S2. The molecule has 7 nitrogen and oxygen atoms in total. The molecule has 0 amide bonds. The molecule has 3 heterocycles. The van der Waals surface area contributed by atoms with Crippen LogP contribution < -0.4 is 4.72 Å². The van der Waals surface area contributed by atoms with Crippen molar-refractivity contribution in [1.82, 2.24) is 14.9 Å². The molecule has 9 heteroatoms. The SMILES string of the molecule is CO[C@H]1COC[C@@H]1NS(=O)(=O)c1cc(-c2cc(C)[nH]n2)sc1C. The zero-order chi connectivity index (χ0) is 16.6. The van der Waals surface area contributed by atoms with Gasteiger partial charge < -0.3 is 9.47 Å². The number of H-pyrrole nitrogens is 1. The molecule has 1 saturated heterocycles. The van der Waals surface area contributed by atoms with Gasteiger partial charge in [-0.3, -0.25) is 5.10 Å². The first kappa shape index (κ1) is 16.6. The van der Waals surface area contributed by atoms with Crippen molar-refractivity contribution in [3.63, 3.8) is 0 Å². The van der Waals surface area contributed by atoms with Crippen LogP contribution in [0.4, 0.5) is 0 Å². The first-order chi connectivity index (χ1) is 10.9. The second kappa shape index (κ2) is 6.33. The van der Waals surface area contributed by atoms with Crippen LogP contribution in [-0.4, -0.2) is 51.1 Å². The van der Waals surface area contributed by atoms with Crippen LogP contribution in [0.15, 0.2) is 17.0 Å². The van der Waals surface area contributed by atoms with Crippen LogP contribution in [0.5, 0.6) is 0 Å². The zero-order valence-electron chi connectivity index (χ0n) is 13.1. The van der Waals surface area contributed by atoms with E-state index in [4.69, 9.17) is 9.47 Å². The van der Waals surface area contributed by atoms with Gasteiger partial charge in [0.2, 0.25) is 10.0 Å². The molecule has 0 aromatic carbocycles. The van der Waals surface area contributed by atoms with Crippen molar-refractivity contribution in [3.8, 4) is 10.6 Å². The van der Waals surface area contributed by atoms with E-state index in [-0.39, 0.29) is 17.0 Å². The van der Waals surface area contributed by atoms with Gasteiger partial charge in [0.15, 0.2) is 0 Å². The molecule has 2 aromatic rings. The molecule has 1 fully saturated rings. The number of aryl methyl sites for hydroxylation is 2. The highest BCUT2D eigenvalue weighted by molar-refractivity contribution is 7.89. The van der Waals surface area contributed by atoms with E-state index in [0.717, 1.165) is 21.1 Å². The van der Waals surface area contributed by atoms with Crippen molar-refractivity contribution in [2.24, 2.45) is 0 Å². The maximum Gasteiger partial charge on any atom is 0.242 e. The van der Waals surface area contributed by atoms with Gasteiger partial charge in [-0.25, -0.2) is 13.1 Å². The smallest absolute Gasteiger partial charge is 0.242 e. The normalized spacial score (nSPS) is 21.9. The Hall–Kier alpha value is -1.26. The van der Waals surface area contributed by atoms with Crippen molar-refractivity contribution >= 4 is 21.4 Å². The number of rotatable bonds is 5. The molecule has 0 spiro atoms. The predicted octanol–water partition coefficient (Wildman–Crippen LogP) is 1.45. The quantitative estimate of drug-likeness (QED) is 0.845.